The van der Waals surface area contributed by atoms with Gasteiger partial charge in [-0.3, -0.25) is 0 Å². The van der Waals surface area contributed by atoms with Crippen LogP contribution >= 0.6 is 23.2 Å². The maximum Gasteiger partial charge on any atom is 0.0458 e. The highest BCUT2D eigenvalue weighted by molar-refractivity contribution is 6.35. The van der Waals surface area contributed by atoms with Crippen molar-refractivity contribution in [1.29, 1.82) is 0 Å². The maximum absolute atomic E-state index is 6.44. The number of benzene rings is 1. The molecule has 0 heterocycles. The lowest BCUT2D eigenvalue weighted by molar-refractivity contribution is 0.133. The molecule has 2 aliphatic rings. The standard InChI is InChI=1S/C16H21Cl2N/c1-2-11-8-16(9-11,10-19-13-4-5-13)14-6-3-12(17)7-15(14)18/h3,6-7,11,13,19H,2,4-5,8-10H2,1H3. The zero-order valence-electron chi connectivity index (χ0n) is 11.4. The van der Waals surface area contributed by atoms with Crippen LogP contribution in [0, 0.1) is 5.92 Å². The first-order chi connectivity index (χ1) is 9.13. The highest BCUT2D eigenvalue weighted by Crippen LogP contribution is 2.51. The molecule has 104 valence electrons. The molecule has 1 aromatic rings. The molecule has 1 aromatic carbocycles. The van der Waals surface area contributed by atoms with E-state index in [0.29, 0.717) is 0 Å². The molecule has 0 amide bonds. The zero-order chi connectivity index (χ0) is 13.5. The predicted molar refractivity (Wildman–Crippen MR) is 82.2 cm³/mol. The molecule has 1 nitrogen and oxygen atoms in total. The summed E-state index contributed by atoms with van der Waals surface area (Å²) in [7, 11) is 0. The summed E-state index contributed by atoms with van der Waals surface area (Å²) in [5.41, 5.74) is 1.53. The normalized spacial score (nSPS) is 30.2. The molecule has 0 aliphatic heterocycles. The average molecular weight is 298 g/mol. The average Bonchev–Trinajstić information content (AvgIpc) is 3.13. The number of hydrogen-bond acceptors (Lipinski definition) is 1. The molecule has 0 spiro atoms. The summed E-state index contributed by atoms with van der Waals surface area (Å²) < 4.78 is 0. The SMILES string of the molecule is CCC1CC(CNC2CC2)(c2ccc(Cl)cc2Cl)C1. The van der Waals surface area contributed by atoms with E-state index in [1.165, 1.54) is 37.7 Å². The molecule has 0 atom stereocenters. The first-order valence-electron chi connectivity index (χ1n) is 7.32. The van der Waals surface area contributed by atoms with Crippen molar-refractivity contribution >= 4 is 23.2 Å². The van der Waals surface area contributed by atoms with E-state index in [1.807, 2.05) is 12.1 Å². The van der Waals surface area contributed by atoms with Gasteiger partial charge in [0.1, 0.15) is 0 Å². The first-order valence-corrected chi connectivity index (χ1v) is 8.07. The van der Waals surface area contributed by atoms with Crippen LogP contribution in [-0.2, 0) is 5.41 Å². The Labute approximate surface area is 125 Å². The number of hydrogen-bond donors (Lipinski definition) is 1. The van der Waals surface area contributed by atoms with Crippen molar-refractivity contribution in [3.8, 4) is 0 Å². The van der Waals surface area contributed by atoms with Crippen LogP contribution in [0.4, 0.5) is 0 Å². The van der Waals surface area contributed by atoms with E-state index in [0.717, 1.165) is 28.5 Å². The Balaban J connectivity index is 1.81. The Morgan fingerprint density at radius 3 is 2.58 bits per heavy atom. The minimum absolute atomic E-state index is 0.241. The molecule has 1 N–H and O–H groups in total. The van der Waals surface area contributed by atoms with Gasteiger partial charge in [-0.1, -0.05) is 42.6 Å². The van der Waals surface area contributed by atoms with Crippen LogP contribution < -0.4 is 5.32 Å². The van der Waals surface area contributed by atoms with Gasteiger partial charge >= 0.3 is 0 Å². The molecule has 2 saturated carbocycles. The van der Waals surface area contributed by atoms with Gasteiger partial charge in [0.15, 0.2) is 0 Å². The van der Waals surface area contributed by atoms with Crippen molar-refractivity contribution < 1.29 is 0 Å². The molecule has 19 heavy (non-hydrogen) atoms. The van der Waals surface area contributed by atoms with Gasteiger partial charge in [0, 0.05) is 28.0 Å². The second-order valence-corrected chi connectivity index (χ2v) is 7.09. The highest BCUT2D eigenvalue weighted by Gasteiger charge is 2.46. The molecule has 3 heteroatoms. The number of halogens is 2. The van der Waals surface area contributed by atoms with Gasteiger partial charge in [-0.2, -0.15) is 0 Å². The van der Waals surface area contributed by atoms with E-state index in [4.69, 9.17) is 23.2 Å². The van der Waals surface area contributed by atoms with Crippen LogP contribution in [0.25, 0.3) is 0 Å². The summed E-state index contributed by atoms with van der Waals surface area (Å²) in [6, 6.07) is 6.74. The van der Waals surface area contributed by atoms with E-state index in [2.05, 4.69) is 18.3 Å². The van der Waals surface area contributed by atoms with Gasteiger partial charge < -0.3 is 5.32 Å². The Bertz CT molecular complexity index is 462. The van der Waals surface area contributed by atoms with E-state index in [-0.39, 0.29) is 5.41 Å². The Morgan fingerprint density at radius 1 is 1.26 bits per heavy atom. The lowest BCUT2D eigenvalue weighted by atomic mass is 9.58. The first kappa shape index (κ1) is 13.7. The Kier molecular flexibility index (Phi) is 3.81. The van der Waals surface area contributed by atoms with Crippen molar-refractivity contribution in [3.63, 3.8) is 0 Å². The van der Waals surface area contributed by atoms with Crippen molar-refractivity contribution in [1.82, 2.24) is 5.32 Å². The smallest absolute Gasteiger partial charge is 0.0458 e. The third-order valence-corrected chi connectivity index (χ3v) is 5.29. The highest BCUT2D eigenvalue weighted by atomic mass is 35.5. The third-order valence-electron chi connectivity index (χ3n) is 4.75. The minimum atomic E-state index is 0.241. The van der Waals surface area contributed by atoms with Crippen LogP contribution in [0.15, 0.2) is 18.2 Å². The lowest BCUT2D eigenvalue weighted by Gasteiger charge is -2.49. The van der Waals surface area contributed by atoms with E-state index >= 15 is 0 Å². The zero-order valence-corrected chi connectivity index (χ0v) is 12.9. The second-order valence-electron chi connectivity index (χ2n) is 6.24. The molecule has 0 aromatic heterocycles. The van der Waals surface area contributed by atoms with Crippen molar-refractivity contribution in [3.05, 3.63) is 33.8 Å². The van der Waals surface area contributed by atoms with Crippen LogP contribution in [0.2, 0.25) is 10.0 Å². The molecular formula is C16H21Cl2N. The van der Waals surface area contributed by atoms with Gasteiger partial charge in [0.2, 0.25) is 0 Å². The topological polar surface area (TPSA) is 12.0 Å². The van der Waals surface area contributed by atoms with Gasteiger partial charge in [-0.05, 0) is 49.3 Å². The molecular weight excluding hydrogens is 277 g/mol. The molecule has 3 rings (SSSR count). The minimum Gasteiger partial charge on any atom is -0.313 e. The van der Waals surface area contributed by atoms with Crippen molar-refractivity contribution in [2.24, 2.45) is 5.92 Å². The van der Waals surface area contributed by atoms with Crippen molar-refractivity contribution in [2.45, 2.75) is 50.5 Å². The third kappa shape index (κ3) is 2.79. The summed E-state index contributed by atoms with van der Waals surface area (Å²) in [5, 5.41) is 5.25. The van der Waals surface area contributed by atoms with Crippen LogP contribution in [0.1, 0.15) is 44.6 Å². The fraction of sp³-hybridized carbons (Fsp3) is 0.625. The maximum atomic E-state index is 6.44. The molecule has 0 unspecified atom stereocenters. The summed E-state index contributed by atoms with van der Waals surface area (Å²) >= 11 is 12.5. The van der Waals surface area contributed by atoms with Crippen LogP contribution in [0.5, 0.6) is 0 Å². The summed E-state index contributed by atoms with van der Waals surface area (Å²) in [6.45, 7) is 3.35. The van der Waals surface area contributed by atoms with E-state index in [9.17, 15) is 0 Å². The number of rotatable bonds is 5. The Hall–Kier alpha value is -0.240. The fourth-order valence-corrected chi connectivity index (χ4v) is 3.95. The van der Waals surface area contributed by atoms with E-state index < -0.39 is 0 Å². The van der Waals surface area contributed by atoms with E-state index in [1.54, 1.807) is 0 Å². The molecule has 0 radical (unpaired) electrons. The summed E-state index contributed by atoms with van der Waals surface area (Å²) in [6.07, 6.45) is 6.45. The molecule has 2 fully saturated rings. The summed E-state index contributed by atoms with van der Waals surface area (Å²) in [4.78, 5) is 0. The predicted octanol–water partition coefficient (Wildman–Crippen LogP) is 4.80. The lowest BCUT2D eigenvalue weighted by Crippen LogP contribution is -2.49. The summed E-state index contributed by atoms with van der Waals surface area (Å²) in [5.74, 6) is 0.854. The largest absolute Gasteiger partial charge is 0.313 e. The molecule has 2 aliphatic carbocycles. The van der Waals surface area contributed by atoms with Gasteiger partial charge in [0.25, 0.3) is 0 Å². The van der Waals surface area contributed by atoms with Crippen LogP contribution in [-0.4, -0.2) is 12.6 Å². The van der Waals surface area contributed by atoms with Crippen LogP contribution in [0.3, 0.4) is 0 Å². The van der Waals surface area contributed by atoms with Gasteiger partial charge in [-0.15, -0.1) is 0 Å². The quantitative estimate of drug-likeness (QED) is 0.823. The fourth-order valence-electron chi connectivity index (χ4n) is 3.34. The number of nitrogens with one attached hydrogen (secondary N) is 1. The Morgan fingerprint density at radius 2 is 2.00 bits per heavy atom. The van der Waals surface area contributed by atoms with Crippen molar-refractivity contribution in [2.75, 3.05) is 6.54 Å². The molecule has 0 bridgehead atoms. The molecule has 0 saturated heterocycles. The second kappa shape index (κ2) is 5.27. The monoisotopic (exact) mass is 297 g/mol. The van der Waals surface area contributed by atoms with Gasteiger partial charge in [0.05, 0.1) is 0 Å². The van der Waals surface area contributed by atoms with Gasteiger partial charge in [-0.25, -0.2) is 0 Å².